The Morgan fingerprint density at radius 1 is 1.08 bits per heavy atom. The SMILES string of the molecule is Cc1cc(OCc2c(C)cccc2N2NNN(C)C2=O)c(C)cc1Br. The molecule has 1 saturated heterocycles. The van der Waals surface area contributed by atoms with Crippen LogP contribution in [0.5, 0.6) is 5.75 Å². The predicted octanol–water partition coefficient (Wildman–Crippen LogP) is 3.75. The predicted molar refractivity (Wildman–Crippen MR) is 101 cm³/mol. The minimum atomic E-state index is -0.178. The highest BCUT2D eigenvalue weighted by Gasteiger charge is 2.28. The molecule has 3 rings (SSSR count). The van der Waals surface area contributed by atoms with E-state index in [0.717, 1.165) is 38.2 Å². The summed E-state index contributed by atoms with van der Waals surface area (Å²) in [6.45, 7) is 6.44. The molecule has 0 aromatic heterocycles. The number of rotatable bonds is 4. The number of hydrogen-bond donors (Lipinski definition) is 2. The molecular weight excluding hydrogens is 384 g/mol. The highest BCUT2D eigenvalue weighted by Crippen LogP contribution is 2.30. The van der Waals surface area contributed by atoms with Gasteiger partial charge in [0.2, 0.25) is 0 Å². The van der Waals surface area contributed by atoms with Crippen LogP contribution >= 0.6 is 15.9 Å². The standard InChI is InChI=1S/C18H21BrN4O2/c1-11-6-5-7-16(23-18(24)22(4)20-21-23)14(11)10-25-17-9-12(2)15(19)8-13(17)3/h5-9,20-21H,10H2,1-4H3. The quantitative estimate of drug-likeness (QED) is 0.814. The second kappa shape index (κ2) is 7.03. The third kappa shape index (κ3) is 3.49. The minimum absolute atomic E-state index is 0.178. The fourth-order valence-electron chi connectivity index (χ4n) is 2.68. The Hall–Kier alpha value is -2.09. The first kappa shape index (κ1) is 17.7. The van der Waals surface area contributed by atoms with Gasteiger partial charge in [-0.25, -0.2) is 14.8 Å². The fourth-order valence-corrected chi connectivity index (χ4v) is 3.14. The average Bonchev–Trinajstić information content (AvgIpc) is 2.90. The van der Waals surface area contributed by atoms with Crippen LogP contribution in [-0.2, 0) is 6.61 Å². The van der Waals surface area contributed by atoms with Crippen LogP contribution in [0.1, 0.15) is 22.3 Å². The van der Waals surface area contributed by atoms with Crippen molar-refractivity contribution in [2.24, 2.45) is 0 Å². The third-order valence-electron chi connectivity index (χ3n) is 4.26. The smallest absolute Gasteiger partial charge is 0.355 e. The highest BCUT2D eigenvalue weighted by atomic mass is 79.9. The number of nitrogens with zero attached hydrogens (tertiary/aromatic N) is 2. The van der Waals surface area contributed by atoms with Crippen LogP contribution in [0.3, 0.4) is 0 Å². The largest absolute Gasteiger partial charge is 0.489 e. The van der Waals surface area contributed by atoms with Crippen molar-refractivity contribution in [3.8, 4) is 5.75 Å². The number of nitrogens with one attached hydrogen (secondary N) is 2. The van der Waals surface area contributed by atoms with Crippen molar-refractivity contribution in [1.29, 1.82) is 0 Å². The summed E-state index contributed by atoms with van der Waals surface area (Å²) >= 11 is 3.54. The van der Waals surface area contributed by atoms with Gasteiger partial charge in [-0.2, -0.15) is 0 Å². The van der Waals surface area contributed by atoms with Crippen molar-refractivity contribution in [2.75, 3.05) is 12.1 Å². The number of benzene rings is 2. The normalized spacial score (nSPS) is 14.4. The molecule has 25 heavy (non-hydrogen) atoms. The molecule has 0 unspecified atom stereocenters. The molecule has 2 aromatic rings. The number of anilines is 1. The van der Waals surface area contributed by atoms with E-state index in [9.17, 15) is 4.79 Å². The zero-order valence-corrected chi connectivity index (χ0v) is 16.3. The number of amides is 2. The Bertz CT molecular complexity index is 825. The van der Waals surface area contributed by atoms with E-state index in [-0.39, 0.29) is 6.03 Å². The van der Waals surface area contributed by atoms with E-state index in [2.05, 4.69) is 27.0 Å². The Morgan fingerprint density at radius 3 is 2.52 bits per heavy atom. The highest BCUT2D eigenvalue weighted by molar-refractivity contribution is 9.10. The topological polar surface area (TPSA) is 56.8 Å². The minimum Gasteiger partial charge on any atom is -0.489 e. The van der Waals surface area contributed by atoms with Crippen LogP contribution in [0.2, 0.25) is 0 Å². The molecule has 2 aromatic carbocycles. The second-order valence-electron chi connectivity index (χ2n) is 6.13. The molecule has 6 nitrogen and oxygen atoms in total. The van der Waals surface area contributed by atoms with Gasteiger partial charge in [-0.15, -0.1) is 11.1 Å². The maximum atomic E-state index is 12.3. The summed E-state index contributed by atoms with van der Waals surface area (Å²) in [4.78, 5) is 12.3. The van der Waals surface area contributed by atoms with Crippen molar-refractivity contribution in [3.05, 3.63) is 57.1 Å². The zero-order valence-electron chi connectivity index (χ0n) is 14.7. The van der Waals surface area contributed by atoms with Crippen molar-refractivity contribution in [1.82, 2.24) is 16.1 Å². The van der Waals surface area contributed by atoms with Crippen LogP contribution in [0.25, 0.3) is 0 Å². The van der Waals surface area contributed by atoms with Gasteiger partial charge < -0.3 is 4.74 Å². The number of ether oxygens (including phenoxy) is 1. The zero-order chi connectivity index (χ0) is 18.1. The van der Waals surface area contributed by atoms with Crippen molar-refractivity contribution in [3.63, 3.8) is 0 Å². The Labute approximate surface area is 155 Å². The third-order valence-corrected chi connectivity index (χ3v) is 5.12. The molecule has 1 heterocycles. The molecular formula is C18H21BrN4O2. The molecule has 0 atom stereocenters. The molecule has 1 aliphatic heterocycles. The van der Waals surface area contributed by atoms with Crippen LogP contribution in [0.15, 0.2) is 34.8 Å². The van der Waals surface area contributed by atoms with Crippen LogP contribution in [-0.4, -0.2) is 18.1 Å². The van der Waals surface area contributed by atoms with E-state index >= 15 is 0 Å². The van der Waals surface area contributed by atoms with Gasteiger partial charge in [0.1, 0.15) is 12.4 Å². The van der Waals surface area contributed by atoms with Gasteiger partial charge in [0.15, 0.2) is 0 Å². The molecule has 7 heteroatoms. The average molecular weight is 405 g/mol. The molecule has 132 valence electrons. The molecule has 0 bridgehead atoms. The molecule has 0 spiro atoms. The summed E-state index contributed by atoms with van der Waals surface area (Å²) in [7, 11) is 1.66. The lowest BCUT2D eigenvalue weighted by molar-refractivity contribution is 0.214. The van der Waals surface area contributed by atoms with Crippen molar-refractivity contribution < 1.29 is 9.53 Å². The molecule has 0 saturated carbocycles. The number of carbonyl (C=O) groups excluding carboxylic acids is 1. The first-order valence-electron chi connectivity index (χ1n) is 7.95. The van der Waals surface area contributed by atoms with Crippen LogP contribution < -0.4 is 20.8 Å². The van der Waals surface area contributed by atoms with E-state index < -0.39 is 0 Å². The lowest BCUT2D eigenvalue weighted by Gasteiger charge is -2.20. The molecule has 0 radical (unpaired) electrons. The van der Waals surface area contributed by atoms with Gasteiger partial charge in [0, 0.05) is 17.1 Å². The van der Waals surface area contributed by atoms with Crippen molar-refractivity contribution >= 4 is 27.6 Å². The van der Waals surface area contributed by atoms with E-state index in [1.807, 2.05) is 51.1 Å². The number of aryl methyl sites for hydroxylation is 3. The van der Waals surface area contributed by atoms with Crippen LogP contribution in [0.4, 0.5) is 10.5 Å². The first-order chi connectivity index (χ1) is 11.9. The number of halogens is 1. The van der Waals surface area contributed by atoms with E-state index in [0.29, 0.717) is 6.61 Å². The molecule has 2 amide bonds. The van der Waals surface area contributed by atoms with Gasteiger partial charge in [0.25, 0.3) is 0 Å². The maximum Gasteiger partial charge on any atom is 0.355 e. The number of carbonyl (C=O) groups is 1. The van der Waals surface area contributed by atoms with E-state index in [1.165, 1.54) is 10.0 Å². The monoisotopic (exact) mass is 404 g/mol. The maximum absolute atomic E-state index is 12.3. The second-order valence-corrected chi connectivity index (χ2v) is 6.98. The Kier molecular flexibility index (Phi) is 4.99. The summed E-state index contributed by atoms with van der Waals surface area (Å²) in [6, 6.07) is 9.73. The van der Waals surface area contributed by atoms with Gasteiger partial charge >= 0.3 is 6.03 Å². The first-order valence-corrected chi connectivity index (χ1v) is 8.75. The molecule has 0 aliphatic carbocycles. The Morgan fingerprint density at radius 2 is 1.84 bits per heavy atom. The number of hydrazine groups is 3. The van der Waals surface area contributed by atoms with Gasteiger partial charge in [-0.05, 0) is 55.7 Å². The summed E-state index contributed by atoms with van der Waals surface area (Å²) in [6.07, 6.45) is 0. The summed E-state index contributed by atoms with van der Waals surface area (Å²) in [5, 5.41) is 2.86. The summed E-state index contributed by atoms with van der Waals surface area (Å²) < 4.78 is 7.15. The molecule has 2 N–H and O–H groups in total. The number of hydrogen-bond acceptors (Lipinski definition) is 4. The summed E-state index contributed by atoms with van der Waals surface area (Å²) in [5.74, 6) is 0.839. The molecule has 1 aliphatic rings. The van der Waals surface area contributed by atoms with Gasteiger partial charge in [-0.3, -0.25) is 0 Å². The lowest BCUT2D eigenvalue weighted by atomic mass is 10.1. The van der Waals surface area contributed by atoms with Gasteiger partial charge in [-0.1, -0.05) is 28.1 Å². The number of urea groups is 1. The van der Waals surface area contributed by atoms with Gasteiger partial charge in [0.05, 0.1) is 5.69 Å². The van der Waals surface area contributed by atoms with Crippen LogP contribution in [0, 0.1) is 20.8 Å². The van der Waals surface area contributed by atoms with E-state index in [4.69, 9.17) is 4.74 Å². The summed E-state index contributed by atoms with van der Waals surface area (Å²) in [5.41, 5.74) is 10.6. The Balaban J connectivity index is 1.88. The lowest BCUT2D eigenvalue weighted by Crippen LogP contribution is -2.38. The van der Waals surface area contributed by atoms with Crippen molar-refractivity contribution in [2.45, 2.75) is 27.4 Å². The fraction of sp³-hybridized carbons (Fsp3) is 0.278. The van der Waals surface area contributed by atoms with E-state index in [1.54, 1.807) is 7.05 Å². The molecule has 1 fully saturated rings.